The minimum atomic E-state index is -1.25. The van der Waals surface area contributed by atoms with Crippen molar-refractivity contribution in [2.75, 3.05) is 33.0 Å². The zero-order chi connectivity index (χ0) is 30.0. The van der Waals surface area contributed by atoms with Gasteiger partial charge in [-0.05, 0) is 36.8 Å². The molecule has 2 aromatic carbocycles. The summed E-state index contributed by atoms with van der Waals surface area (Å²) in [6.07, 6.45) is 5.46. The number of amides is 2. The molecule has 226 valence electrons. The predicted octanol–water partition coefficient (Wildman–Crippen LogP) is 2.49. The summed E-state index contributed by atoms with van der Waals surface area (Å²) in [7, 11) is 0. The number of esters is 2. The van der Waals surface area contributed by atoms with E-state index in [-0.39, 0.29) is 51.7 Å². The van der Waals surface area contributed by atoms with Crippen LogP contribution in [0.3, 0.4) is 0 Å². The van der Waals surface area contributed by atoms with Gasteiger partial charge < -0.3 is 30.0 Å². The molecule has 0 spiro atoms. The molecule has 0 fully saturated rings. The third kappa shape index (κ3) is 11.8. The first kappa shape index (κ1) is 32.5. The summed E-state index contributed by atoms with van der Waals surface area (Å²) >= 11 is 0. The zero-order valence-electron chi connectivity index (χ0n) is 23.7. The molecule has 1 aliphatic rings. The van der Waals surface area contributed by atoms with Crippen LogP contribution in [-0.2, 0) is 46.4 Å². The topological polar surface area (TPSA) is 140 Å². The van der Waals surface area contributed by atoms with Gasteiger partial charge in [-0.15, -0.1) is 0 Å². The van der Waals surface area contributed by atoms with Gasteiger partial charge in [-0.2, -0.15) is 0 Å². The fourth-order valence-electron chi connectivity index (χ4n) is 4.46. The summed E-state index contributed by atoms with van der Waals surface area (Å²) in [5.74, 6) is -3.28. The van der Waals surface area contributed by atoms with Crippen molar-refractivity contribution in [2.24, 2.45) is 11.8 Å². The van der Waals surface area contributed by atoms with Gasteiger partial charge in [-0.1, -0.05) is 72.8 Å². The van der Waals surface area contributed by atoms with E-state index in [2.05, 4.69) is 10.6 Å². The number of rotatable bonds is 12. The highest BCUT2D eigenvalue weighted by atomic mass is 16.6. The fraction of sp³-hybridized carbons (Fsp3) is 0.438. The average molecular weight is 581 g/mol. The number of ether oxygens (including phenoxy) is 3. The van der Waals surface area contributed by atoms with Crippen LogP contribution in [0.4, 0.5) is 0 Å². The predicted molar refractivity (Wildman–Crippen MR) is 155 cm³/mol. The van der Waals surface area contributed by atoms with Gasteiger partial charge in [0.2, 0.25) is 11.8 Å². The van der Waals surface area contributed by atoms with E-state index < -0.39 is 42.3 Å². The third-order valence-electron chi connectivity index (χ3n) is 6.75. The number of nitrogens with one attached hydrogen (secondary N) is 2. The lowest BCUT2D eigenvalue weighted by atomic mass is 9.94. The molecule has 42 heavy (non-hydrogen) atoms. The molecule has 0 radical (unpaired) electrons. The maximum atomic E-state index is 13.3. The third-order valence-corrected chi connectivity index (χ3v) is 6.75. The minimum absolute atomic E-state index is 0.0104. The Labute approximate surface area is 246 Å². The van der Waals surface area contributed by atoms with Crippen molar-refractivity contribution >= 4 is 23.8 Å². The average Bonchev–Trinajstić information content (AvgIpc) is 3.01. The Morgan fingerprint density at radius 3 is 2.38 bits per heavy atom. The Balaban J connectivity index is 1.72. The van der Waals surface area contributed by atoms with Gasteiger partial charge in [0, 0.05) is 13.0 Å². The van der Waals surface area contributed by atoms with Crippen LogP contribution in [0, 0.1) is 11.8 Å². The highest BCUT2D eigenvalue weighted by Gasteiger charge is 2.30. The molecule has 2 aromatic rings. The quantitative estimate of drug-likeness (QED) is 0.198. The van der Waals surface area contributed by atoms with Crippen molar-refractivity contribution in [3.05, 3.63) is 83.9 Å². The molecule has 0 unspecified atom stereocenters. The van der Waals surface area contributed by atoms with E-state index in [1.54, 1.807) is 12.1 Å². The second-order valence-corrected chi connectivity index (χ2v) is 10.0. The highest BCUT2D eigenvalue weighted by Crippen LogP contribution is 2.19. The van der Waals surface area contributed by atoms with Crippen molar-refractivity contribution in [3.8, 4) is 0 Å². The van der Waals surface area contributed by atoms with E-state index in [4.69, 9.17) is 19.3 Å². The Kier molecular flexibility index (Phi) is 14.3. The maximum Gasteiger partial charge on any atom is 0.332 e. The van der Waals surface area contributed by atoms with Crippen molar-refractivity contribution in [1.82, 2.24) is 10.6 Å². The number of carbonyl (C=O) groups is 4. The Morgan fingerprint density at radius 1 is 0.952 bits per heavy atom. The van der Waals surface area contributed by atoms with Gasteiger partial charge in [0.15, 0.2) is 6.04 Å². The SMILES string of the molecule is O=C(C[C@H]1CC=CCC[C@H](Cc2ccccc2)C(=O)OC[C@H](C(=O)OCc2ccccc2)NC1=O)NCCOCCO. The number of carbonyl (C=O) groups excluding carboxylic acids is 4. The number of benzene rings is 2. The summed E-state index contributed by atoms with van der Waals surface area (Å²) in [5.41, 5.74) is 1.76. The standard InChI is InChI=1S/C32H40N2O8/c35-17-19-40-18-16-33-29(36)21-26-14-8-3-9-15-27(20-24-10-4-1-5-11-24)31(38)42-23-28(34-30(26)37)32(39)41-22-25-12-6-2-7-13-25/h1-8,10-13,26-28,35H,9,14-23H2,(H,33,36)(H,34,37)/t26-,27-,28-/m1/s1. The smallest absolute Gasteiger partial charge is 0.332 e. The molecule has 0 saturated heterocycles. The molecule has 3 rings (SSSR count). The zero-order valence-corrected chi connectivity index (χ0v) is 23.7. The normalized spacial score (nSPS) is 19.8. The van der Waals surface area contributed by atoms with Crippen LogP contribution in [0.2, 0.25) is 0 Å². The van der Waals surface area contributed by atoms with E-state index in [0.29, 0.717) is 19.3 Å². The Hall–Kier alpha value is -4.02. The molecule has 10 nitrogen and oxygen atoms in total. The van der Waals surface area contributed by atoms with Gasteiger partial charge in [0.05, 0.1) is 31.7 Å². The van der Waals surface area contributed by atoms with Crippen LogP contribution in [-0.4, -0.2) is 67.9 Å². The molecule has 2 amide bonds. The first-order chi connectivity index (χ1) is 20.5. The largest absolute Gasteiger partial charge is 0.463 e. The van der Waals surface area contributed by atoms with Crippen molar-refractivity contribution in [2.45, 2.75) is 44.8 Å². The molecule has 0 bridgehead atoms. The molecule has 10 heteroatoms. The van der Waals surface area contributed by atoms with Crippen LogP contribution in [0.25, 0.3) is 0 Å². The van der Waals surface area contributed by atoms with Crippen molar-refractivity contribution in [1.29, 1.82) is 0 Å². The summed E-state index contributed by atoms with van der Waals surface area (Å²) in [4.78, 5) is 52.1. The molecule has 0 saturated carbocycles. The van der Waals surface area contributed by atoms with Crippen LogP contribution in [0.1, 0.15) is 36.8 Å². The van der Waals surface area contributed by atoms with Crippen molar-refractivity contribution in [3.63, 3.8) is 0 Å². The van der Waals surface area contributed by atoms with Gasteiger partial charge in [-0.3, -0.25) is 14.4 Å². The number of hydrogen-bond donors (Lipinski definition) is 3. The first-order valence-electron chi connectivity index (χ1n) is 14.3. The van der Waals surface area contributed by atoms with E-state index in [9.17, 15) is 19.2 Å². The molecule has 0 aromatic heterocycles. The van der Waals surface area contributed by atoms with E-state index >= 15 is 0 Å². The van der Waals surface area contributed by atoms with Gasteiger partial charge >= 0.3 is 11.9 Å². The Bertz CT molecular complexity index is 1160. The van der Waals surface area contributed by atoms with Crippen LogP contribution in [0.15, 0.2) is 72.8 Å². The molecule has 1 heterocycles. The van der Waals surface area contributed by atoms with Gasteiger partial charge in [-0.25, -0.2) is 4.79 Å². The second-order valence-electron chi connectivity index (χ2n) is 10.0. The van der Waals surface area contributed by atoms with Gasteiger partial charge in [0.1, 0.15) is 13.2 Å². The van der Waals surface area contributed by atoms with Crippen LogP contribution >= 0.6 is 0 Å². The molecule has 0 aliphatic carbocycles. The maximum absolute atomic E-state index is 13.3. The minimum Gasteiger partial charge on any atom is -0.463 e. The van der Waals surface area contributed by atoms with E-state index in [0.717, 1.165) is 11.1 Å². The van der Waals surface area contributed by atoms with E-state index in [1.165, 1.54) is 0 Å². The summed E-state index contributed by atoms with van der Waals surface area (Å²) in [6.45, 7) is 0.121. The Morgan fingerprint density at radius 2 is 1.67 bits per heavy atom. The van der Waals surface area contributed by atoms with Crippen molar-refractivity contribution < 1.29 is 38.5 Å². The number of aliphatic hydroxyl groups is 1. The molecular formula is C32H40N2O8. The number of cyclic esters (lactones) is 1. The number of hydrogen-bond acceptors (Lipinski definition) is 8. The fourth-order valence-corrected chi connectivity index (χ4v) is 4.46. The highest BCUT2D eigenvalue weighted by molar-refractivity contribution is 5.89. The van der Waals surface area contributed by atoms with Crippen LogP contribution in [0.5, 0.6) is 0 Å². The first-order valence-corrected chi connectivity index (χ1v) is 14.3. The van der Waals surface area contributed by atoms with Crippen LogP contribution < -0.4 is 10.6 Å². The monoisotopic (exact) mass is 580 g/mol. The number of allylic oxidation sites excluding steroid dienone is 2. The lowest BCUT2D eigenvalue weighted by molar-refractivity contribution is -0.157. The summed E-state index contributed by atoms with van der Waals surface area (Å²) < 4.78 is 16.2. The lowest BCUT2D eigenvalue weighted by Gasteiger charge is -2.22. The molecule has 3 atom stereocenters. The summed E-state index contributed by atoms with van der Waals surface area (Å²) in [5, 5.41) is 14.2. The second kappa shape index (κ2) is 18.4. The van der Waals surface area contributed by atoms with E-state index in [1.807, 2.05) is 60.7 Å². The summed E-state index contributed by atoms with van der Waals surface area (Å²) in [6, 6.07) is 17.5. The molecule has 3 N–H and O–H groups in total. The number of aliphatic hydroxyl groups excluding tert-OH is 1. The molecular weight excluding hydrogens is 540 g/mol. The lowest BCUT2D eigenvalue weighted by Crippen LogP contribution is -2.48. The molecule has 1 aliphatic heterocycles. The van der Waals surface area contributed by atoms with Gasteiger partial charge in [0.25, 0.3) is 0 Å².